The van der Waals surface area contributed by atoms with Crippen molar-refractivity contribution in [2.75, 3.05) is 0 Å². The maximum absolute atomic E-state index is 3.52. The Labute approximate surface area is 232 Å². The Bertz CT molecular complexity index is 2160. The van der Waals surface area contributed by atoms with E-state index < -0.39 is 0 Å². The Morgan fingerprint density at radius 3 is 1.68 bits per heavy atom. The summed E-state index contributed by atoms with van der Waals surface area (Å²) in [6, 6.07) is 50.6. The van der Waals surface area contributed by atoms with Crippen LogP contribution in [0.2, 0.25) is 0 Å². The minimum Gasteiger partial charge on any atom is -0.241 e. The van der Waals surface area contributed by atoms with E-state index in [9.17, 15) is 0 Å². The van der Waals surface area contributed by atoms with E-state index in [1.807, 2.05) is 0 Å². The number of aromatic nitrogens is 2. The van der Waals surface area contributed by atoms with E-state index >= 15 is 0 Å². The Morgan fingerprint density at radius 1 is 0.475 bits per heavy atom. The lowest BCUT2D eigenvalue weighted by molar-refractivity contribution is -0.574. The second-order valence-electron chi connectivity index (χ2n) is 10.5. The quantitative estimate of drug-likeness (QED) is 0.180. The van der Waals surface area contributed by atoms with Gasteiger partial charge in [-0.2, -0.15) is 4.57 Å². The van der Waals surface area contributed by atoms with Crippen LogP contribution in [0.5, 0.6) is 0 Å². The number of H-pyrrole nitrogens is 1. The Kier molecular flexibility index (Phi) is 5.08. The summed E-state index contributed by atoms with van der Waals surface area (Å²) in [4.78, 5) is 3.52. The number of para-hydroxylation sites is 2. The first-order valence-corrected chi connectivity index (χ1v) is 13.8. The predicted octanol–water partition coefficient (Wildman–Crippen LogP) is 9.55. The molecule has 40 heavy (non-hydrogen) atoms. The van der Waals surface area contributed by atoms with Gasteiger partial charge in [-0.3, -0.25) is 0 Å². The monoisotopic (exact) mass is 511 g/mol. The normalized spacial score (nSPS) is 11.6. The van der Waals surface area contributed by atoms with Crippen LogP contribution in [-0.2, 0) is 0 Å². The molecule has 1 aromatic heterocycles. The van der Waals surface area contributed by atoms with E-state index in [1.165, 1.54) is 60.1 Å². The summed E-state index contributed by atoms with van der Waals surface area (Å²) >= 11 is 0. The molecule has 7 aromatic carbocycles. The number of nitrogens with one attached hydrogen (secondary N) is 1. The van der Waals surface area contributed by atoms with Crippen molar-refractivity contribution in [1.82, 2.24) is 4.98 Å². The van der Waals surface area contributed by atoms with Crippen LogP contribution in [0.25, 0.3) is 71.3 Å². The predicted molar refractivity (Wildman–Crippen MR) is 168 cm³/mol. The second kappa shape index (κ2) is 8.93. The first-order chi connectivity index (χ1) is 19.8. The van der Waals surface area contributed by atoms with E-state index in [-0.39, 0.29) is 0 Å². The largest absolute Gasteiger partial charge is 0.257 e. The van der Waals surface area contributed by atoms with E-state index in [2.05, 4.69) is 156 Å². The zero-order valence-corrected chi connectivity index (χ0v) is 22.2. The number of benzene rings is 7. The minimum absolute atomic E-state index is 1.12. The topological polar surface area (TPSA) is 19.7 Å². The highest BCUT2D eigenvalue weighted by atomic mass is 15.1. The first-order valence-electron chi connectivity index (χ1n) is 13.8. The van der Waals surface area contributed by atoms with Gasteiger partial charge >= 0.3 is 0 Å². The molecule has 2 heteroatoms. The van der Waals surface area contributed by atoms with Crippen molar-refractivity contribution < 1.29 is 4.57 Å². The molecule has 0 unspecified atom stereocenters. The Morgan fingerprint density at radius 2 is 1.00 bits per heavy atom. The molecule has 0 aliphatic rings. The molecule has 1 N–H and O–H groups in total. The molecule has 0 aliphatic heterocycles. The van der Waals surface area contributed by atoms with Crippen molar-refractivity contribution in [2.45, 2.75) is 6.92 Å². The van der Waals surface area contributed by atoms with Gasteiger partial charge in [0, 0.05) is 6.92 Å². The fourth-order valence-corrected chi connectivity index (χ4v) is 6.41. The molecule has 0 bridgehead atoms. The highest BCUT2D eigenvalue weighted by Crippen LogP contribution is 2.44. The van der Waals surface area contributed by atoms with Crippen LogP contribution in [0.3, 0.4) is 0 Å². The van der Waals surface area contributed by atoms with Gasteiger partial charge in [-0.1, -0.05) is 109 Å². The fraction of sp³-hybridized carbons (Fsp3) is 0.0263. The van der Waals surface area contributed by atoms with Crippen LogP contribution in [0.1, 0.15) is 5.82 Å². The van der Waals surface area contributed by atoms with Crippen molar-refractivity contribution in [3.8, 4) is 27.9 Å². The summed E-state index contributed by atoms with van der Waals surface area (Å²) in [5.74, 6) is 1.12. The lowest BCUT2D eigenvalue weighted by atomic mass is 9.85. The Hall–Kier alpha value is -5.21. The number of rotatable bonds is 3. The van der Waals surface area contributed by atoms with Crippen LogP contribution in [0.4, 0.5) is 0 Å². The Balaban J connectivity index is 1.36. The van der Waals surface area contributed by atoms with Gasteiger partial charge in [0.15, 0.2) is 11.0 Å². The van der Waals surface area contributed by atoms with Gasteiger partial charge in [0.2, 0.25) is 0 Å². The third-order valence-electron chi connectivity index (χ3n) is 8.18. The molecule has 2 nitrogen and oxygen atoms in total. The molecule has 0 aliphatic carbocycles. The molecular weight excluding hydrogens is 484 g/mol. The van der Waals surface area contributed by atoms with E-state index in [1.54, 1.807) is 0 Å². The van der Waals surface area contributed by atoms with Crippen molar-refractivity contribution in [3.63, 3.8) is 0 Å². The number of hydrogen-bond acceptors (Lipinski definition) is 0. The van der Waals surface area contributed by atoms with Gasteiger partial charge in [0.1, 0.15) is 5.69 Å². The molecular formula is C38H27N2+. The van der Waals surface area contributed by atoms with Gasteiger partial charge < -0.3 is 0 Å². The van der Waals surface area contributed by atoms with Gasteiger partial charge in [-0.05, 0) is 84.9 Å². The molecule has 1 heterocycles. The molecule has 0 saturated heterocycles. The van der Waals surface area contributed by atoms with E-state index in [4.69, 9.17) is 0 Å². The average Bonchev–Trinajstić information content (AvgIpc) is 3.35. The van der Waals surface area contributed by atoms with Crippen molar-refractivity contribution in [3.05, 3.63) is 145 Å². The minimum atomic E-state index is 1.12. The van der Waals surface area contributed by atoms with E-state index in [0.29, 0.717) is 0 Å². The van der Waals surface area contributed by atoms with Crippen molar-refractivity contribution in [2.24, 2.45) is 0 Å². The maximum atomic E-state index is 3.52. The third kappa shape index (κ3) is 3.47. The van der Waals surface area contributed by atoms with Crippen LogP contribution in [-0.4, -0.2) is 4.98 Å². The maximum Gasteiger partial charge on any atom is 0.257 e. The summed E-state index contributed by atoms with van der Waals surface area (Å²) in [7, 11) is 0. The molecule has 8 rings (SSSR count). The lowest BCUT2D eigenvalue weighted by Gasteiger charge is -2.18. The number of aromatic amines is 1. The van der Waals surface area contributed by atoms with Crippen LogP contribution >= 0.6 is 0 Å². The smallest absolute Gasteiger partial charge is 0.241 e. The average molecular weight is 512 g/mol. The summed E-state index contributed by atoms with van der Waals surface area (Å²) < 4.78 is 2.29. The zero-order chi connectivity index (χ0) is 26.6. The highest BCUT2D eigenvalue weighted by molar-refractivity contribution is 6.21. The summed E-state index contributed by atoms with van der Waals surface area (Å²) in [5, 5.41) is 7.62. The van der Waals surface area contributed by atoms with Crippen LogP contribution in [0, 0.1) is 6.92 Å². The van der Waals surface area contributed by atoms with Crippen LogP contribution in [0.15, 0.2) is 140 Å². The molecule has 0 spiro atoms. The molecule has 0 fully saturated rings. The highest BCUT2D eigenvalue weighted by Gasteiger charge is 2.19. The van der Waals surface area contributed by atoms with Gasteiger partial charge in [-0.25, -0.2) is 4.98 Å². The number of imidazole rings is 1. The molecule has 8 aromatic rings. The summed E-state index contributed by atoms with van der Waals surface area (Å²) in [5.41, 5.74) is 8.53. The number of nitrogens with zero attached hydrogens (tertiary/aromatic N) is 1. The SMILES string of the molecule is Cc1[nH]c2ccccc2[n+]1-c1ccc(-c2c3ccccc3c(-c3ccc4ccccc4c3)c3ccccc23)cc1. The van der Waals surface area contributed by atoms with Gasteiger partial charge in [0.05, 0.1) is 0 Å². The van der Waals surface area contributed by atoms with Crippen molar-refractivity contribution >= 4 is 43.4 Å². The molecule has 188 valence electrons. The molecule has 0 saturated carbocycles. The number of aryl methyl sites for hydroxylation is 1. The first kappa shape index (κ1) is 22.7. The number of fused-ring (bicyclic) bond motifs is 4. The summed E-state index contributed by atoms with van der Waals surface area (Å²) in [6.07, 6.45) is 0. The number of hydrogen-bond donors (Lipinski definition) is 1. The lowest BCUT2D eigenvalue weighted by Crippen LogP contribution is -2.32. The van der Waals surface area contributed by atoms with Crippen molar-refractivity contribution in [1.29, 1.82) is 0 Å². The van der Waals surface area contributed by atoms with Crippen LogP contribution < -0.4 is 4.57 Å². The van der Waals surface area contributed by atoms with Gasteiger partial charge in [-0.15, -0.1) is 0 Å². The third-order valence-corrected chi connectivity index (χ3v) is 8.18. The molecule has 0 amide bonds. The summed E-state index contributed by atoms with van der Waals surface area (Å²) in [6.45, 7) is 2.13. The molecule has 0 atom stereocenters. The van der Waals surface area contributed by atoms with Gasteiger partial charge in [0.25, 0.3) is 5.82 Å². The molecule has 0 radical (unpaired) electrons. The zero-order valence-electron chi connectivity index (χ0n) is 22.2. The standard InChI is InChI=1S/C38H26N2/c1-25-39-35-16-8-9-17-36(35)40(25)30-22-20-27(21-23-30)37-31-12-4-6-14-33(31)38(34-15-7-5-13-32(34)37)29-19-18-26-10-2-3-11-28(26)24-29/h2-24H,1H3/p+1. The van der Waals surface area contributed by atoms with E-state index in [0.717, 1.165) is 17.0 Å². The second-order valence-corrected chi connectivity index (χ2v) is 10.5. The fourth-order valence-electron chi connectivity index (χ4n) is 6.41.